The highest BCUT2D eigenvalue weighted by Crippen LogP contribution is 2.71. The Bertz CT molecular complexity index is 605. The summed E-state index contributed by atoms with van der Waals surface area (Å²) < 4.78 is 0. The summed E-state index contributed by atoms with van der Waals surface area (Å²) in [5, 5.41) is 0. The van der Waals surface area contributed by atoms with Crippen LogP contribution in [-0.2, 0) is 5.41 Å². The first-order chi connectivity index (χ1) is 9.19. The maximum atomic E-state index is 2.43. The van der Waals surface area contributed by atoms with Gasteiger partial charge in [-0.15, -0.1) is 0 Å². The molecule has 2 unspecified atom stereocenters. The monoisotopic (exact) mass is 248 g/mol. The molecule has 0 N–H and O–H groups in total. The molecule has 0 bridgehead atoms. The van der Waals surface area contributed by atoms with E-state index in [1.54, 1.807) is 11.1 Å². The van der Waals surface area contributed by atoms with E-state index >= 15 is 0 Å². The van der Waals surface area contributed by atoms with Crippen molar-refractivity contribution in [1.82, 2.24) is 0 Å². The zero-order valence-corrected chi connectivity index (χ0v) is 11.9. The minimum absolute atomic E-state index is 0.307. The number of fused-ring (bicyclic) bond motifs is 5. The van der Waals surface area contributed by atoms with Crippen LogP contribution in [0, 0.1) is 17.8 Å². The Morgan fingerprint density at radius 3 is 1.74 bits per heavy atom. The maximum absolute atomic E-state index is 2.43. The Morgan fingerprint density at radius 1 is 0.842 bits per heavy atom. The molecule has 2 aromatic carbocycles. The average molecular weight is 248 g/mol. The van der Waals surface area contributed by atoms with Crippen molar-refractivity contribution in [3.05, 3.63) is 59.7 Å². The minimum Gasteiger partial charge on any atom is -0.0625 e. The standard InChI is InChI=1S/C19H20/c1-12(2)18-13(3)19(18)16-10-6-4-8-14(16)15-9-5-7-11-17(15)19/h4-13,18H,1-3H3. The van der Waals surface area contributed by atoms with Crippen molar-refractivity contribution in [2.24, 2.45) is 17.8 Å². The van der Waals surface area contributed by atoms with Gasteiger partial charge in [0.2, 0.25) is 0 Å². The molecular weight excluding hydrogens is 228 g/mol. The van der Waals surface area contributed by atoms with E-state index < -0.39 is 0 Å². The Hall–Kier alpha value is -1.56. The molecule has 1 spiro atoms. The maximum Gasteiger partial charge on any atom is 0.0277 e. The summed E-state index contributed by atoms with van der Waals surface area (Å²) in [6.07, 6.45) is 0. The number of hydrogen-bond acceptors (Lipinski definition) is 0. The average Bonchev–Trinajstić information content (AvgIpc) is 2.94. The van der Waals surface area contributed by atoms with Crippen LogP contribution >= 0.6 is 0 Å². The topological polar surface area (TPSA) is 0 Å². The van der Waals surface area contributed by atoms with E-state index in [0.717, 1.165) is 17.8 Å². The van der Waals surface area contributed by atoms with Crippen molar-refractivity contribution in [3.63, 3.8) is 0 Å². The lowest BCUT2D eigenvalue weighted by Gasteiger charge is -2.16. The summed E-state index contributed by atoms with van der Waals surface area (Å²) >= 11 is 0. The van der Waals surface area contributed by atoms with Gasteiger partial charge < -0.3 is 0 Å². The summed E-state index contributed by atoms with van der Waals surface area (Å²) in [7, 11) is 0. The molecule has 1 saturated carbocycles. The van der Waals surface area contributed by atoms with Crippen LogP contribution in [0.15, 0.2) is 48.5 Å². The van der Waals surface area contributed by atoms with Crippen molar-refractivity contribution in [3.8, 4) is 11.1 Å². The van der Waals surface area contributed by atoms with Gasteiger partial charge in [-0.25, -0.2) is 0 Å². The third-order valence-electron chi connectivity index (χ3n) is 5.43. The number of rotatable bonds is 1. The first kappa shape index (κ1) is 11.3. The zero-order chi connectivity index (χ0) is 13.2. The van der Waals surface area contributed by atoms with Gasteiger partial charge in [-0.3, -0.25) is 0 Å². The van der Waals surface area contributed by atoms with Gasteiger partial charge in [-0.05, 0) is 40.0 Å². The third kappa shape index (κ3) is 1.16. The predicted molar refractivity (Wildman–Crippen MR) is 80.2 cm³/mol. The fraction of sp³-hybridized carbons (Fsp3) is 0.368. The lowest BCUT2D eigenvalue weighted by atomic mass is 9.87. The SMILES string of the molecule is CC(C)C1C(C)C12c1ccccc1-c1ccccc12. The Kier molecular flexibility index (Phi) is 2.08. The van der Waals surface area contributed by atoms with Crippen molar-refractivity contribution >= 4 is 0 Å². The normalized spacial score (nSPS) is 25.5. The molecule has 4 rings (SSSR count). The highest BCUT2D eigenvalue weighted by Gasteiger charge is 2.67. The molecule has 0 heteroatoms. The van der Waals surface area contributed by atoms with E-state index in [0.29, 0.717) is 5.41 Å². The zero-order valence-electron chi connectivity index (χ0n) is 11.9. The van der Waals surface area contributed by atoms with Crippen LogP contribution in [0.3, 0.4) is 0 Å². The largest absolute Gasteiger partial charge is 0.0625 e. The molecule has 2 aliphatic rings. The van der Waals surface area contributed by atoms with Gasteiger partial charge in [0.25, 0.3) is 0 Å². The lowest BCUT2D eigenvalue weighted by Crippen LogP contribution is -2.12. The van der Waals surface area contributed by atoms with Crippen LogP contribution in [0.2, 0.25) is 0 Å². The van der Waals surface area contributed by atoms with Gasteiger partial charge in [-0.1, -0.05) is 69.3 Å². The molecule has 96 valence electrons. The molecule has 2 aliphatic carbocycles. The van der Waals surface area contributed by atoms with Gasteiger partial charge in [0.05, 0.1) is 0 Å². The molecule has 0 amide bonds. The highest BCUT2D eigenvalue weighted by molar-refractivity contribution is 5.83. The Labute approximate surface area is 115 Å². The summed E-state index contributed by atoms with van der Waals surface area (Å²) in [5.41, 5.74) is 6.38. The van der Waals surface area contributed by atoms with Crippen molar-refractivity contribution in [2.45, 2.75) is 26.2 Å². The summed E-state index contributed by atoms with van der Waals surface area (Å²) in [6, 6.07) is 18.1. The van der Waals surface area contributed by atoms with Crippen LogP contribution < -0.4 is 0 Å². The second-order valence-electron chi connectivity index (χ2n) is 6.52. The van der Waals surface area contributed by atoms with Crippen molar-refractivity contribution in [1.29, 1.82) is 0 Å². The summed E-state index contributed by atoms with van der Waals surface area (Å²) in [5.74, 6) is 2.30. The van der Waals surface area contributed by atoms with Crippen LogP contribution in [0.1, 0.15) is 31.9 Å². The van der Waals surface area contributed by atoms with E-state index in [1.165, 1.54) is 11.1 Å². The van der Waals surface area contributed by atoms with Crippen molar-refractivity contribution in [2.75, 3.05) is 0 Å². The smallest absolute Gasteiger partial charge is 0.0277 e. The number of hydrogen-bond donors (Lipinski definition) is 0. The van der Waals surface area contributed by atoms with Crippen LogP contribution in [0.4, 0.5) is 0 Å². The molecule has 0 heterocycles. The molecule has 0 aromatic heterocycles. The fourth-order valence-corrected chi connectivity index (χ4v) is 4.85. The van der Waals surface area contributed by atoms with E-state index in [1.807, 2.05) is 0 Å². The number of benzene rings is 2. The molecule has 0 aliphatic heterocycles. The first-order valence-corrected chi connectivity index (χ1v) is 7.38. The summed E-state index contributed by atoms with van der Waals surface area (Å²) in [4.78, 5) is 0. The fourth-order valence-electron chi connectivity index (χ4n) is 4.85. The first-order valence-electron chi connectivity index (χ1n) is 7.38. The van der Waals surface area contributed by atoms with Crippen molar-refractivity contribution < 1.29 is 0 Å². The van der Waals surface area contributed by atoms with Gasteiger partial charge in [0.15, 0.2) is 0 Å². The lowest BCUT2D eigenvalue weighted by molar-refractivity contribution is 0.506. The molecule has 0 radical (unpaired) electrons. The molecule has 2 atom stereocenters. The highest BCUT2D eigenvalue weighted by atomic mass is 14.7. The Morgan fingerprint density at radius 2 is 1.32 bits per heavy atom. The Balaban J connectivity index is 2.04. The molecule has 0 saturated heterocycles. The van der Waals surface area contributed by atoms with E-state index in [-0.39, 0.29) is 0 Å². The van der Waals surface area contributed by atoms with Gasteiger partial charge in [0.1, 0.15) is 0 Å². The van der Waals surface area contributed by atoms with Gasteiger partial charge in [0, 0.05) is 5.41 Å². The van der Waals surface area contributed by atoms with Crippen LogP contribution in [0.5, 0.6) is 0 Å². The van der Waals surface area contributed by atoms with Gasteiger partial charge in [-0.2, -0.15) is 0 Å². The molecule has 19 heavy (non-hydrogen) atoms. The molecule has 2 aromatic rings. The van der Waals surface area contributed by atoms with E-state index in [9.17, 15) is 0 Å². The molecular formula is C19H20. The molecule has 0 nitrogen and oxygen atoms in total. The van der Waals surface area contributed by atoms with E-state index in [4.69, 9.17) is 0 Å². The molecule has 1 fully saturated rings. The second kappa shape index (κ2) is 3.50. The van der Waals surface area contributed by atoms with Gasteiger partial charge >= 0.3 is 0 Å². The summed E-state index contributed by atoms with van der Waals surface area (Å²) in [6.45, 7) is 7.18. The van der Waals surface area contributed by atoms with Crippen LogP contribution in [-0.4, -0.2) is 0 Å². The predicted octanol–water partition coefficient (Wildman–Crippen LogP) is 4.88. The van der Waals surface area contributed by atoms with E-state index in [2.05, 4.69) is 69.3 Å². The second-order valence-corrected chi connectivity index (χ2v) is 6.52. The quantitative estimate of drug-likeness (QED) is 0.675. The van der Waals surface area contributed by atoms with Crippen LogP contribution in [0.25, 0.3) is 11.1 Å². The minimum atomic E-state index is 0.307. The third-order valence-corrected chi connectivity index (χ3v) is 5.43.